The Hall–Kier alpha value is -3.09. The van der Waals surface area contributed by atoms with Gasteiger partial charge in [-0.2, -0.15) is 5.10 Å². The molecule has 1 N–H and O–H groups in total. The molecule has 2 aromatic rings. The molecule has 0 spiro atoms. The summed E-state index contributed by atoms with van der Waals surface area (Å²) >= 11 is 0. The normalized spacial score (nSPS) is 11.0. The van der Waals surface area contributed by atoms with Crippen molar-refractivity contribution in [2.24, 2.45) is 5.10 Å². The van der Waals surface area contributed by atoms with E-state index < -0.39 is 5.91 Å². The minimum absolute atomic E-state index is 0.200. The molecule has 0 aliphatic carbocycles. The van der Waals surface area contributed by atoms with E-state index in [0.717, 1.165) is 6.42 Å². The summed E-state index contributed by atoms with van der Waals surface area (Å²) in [7, 11) is 0. The maximum atomic E-state index is 11.7. The molecule has 1 aromatic heterocycles. The molecule has 0 radical (unpaired) electrons. The first-order valence-corrected chi connectivity index (χ1v) is 7.87. The third-order valence-corrected chi connectivity index (χ3v) is 3.12. The van der Waals surface area contributed by atoms with Crippen LogP contribution in [0.15, 0.2) is 52.2 Å². The van der Waals surface area contributed by atoms with Gasteiger partial charge < -0.3 is 13.9 Å². The van der Waals surface area contributed by atoms with Gasteiger partial charge in [0.05, 0.1) is 18.4 Å². The molecule has 0 aliphatic rings. The third kappa shape index (κ3) is 5.80. The molecular weight excluding hydrogens is 324 g/mol. The van der Waals surface area contributed by atoms with Gasteiger partial charge in [0.2, 0.25) is 0 Å². The first kappa shape index (κ1) is 18.3. The molecule has 1 amide bonds. The predicted octanol–water partition coefficient (Wildman–Crippen LogP) is 2.77. The Labute approximate surface area is 145 Å². The van der Waals surface area contributed by atoms with Crippen LogP contribution in [-0.2, 0) is 9.53 Å². The fourth-order valence-corrected chi connectivity index (χ4v) is 1.83. The molecule has 0 aliphatic heterocycles. The van der Waals surface area contributed by atoms with Crippen molar-refractivity contribution in [1.82, 2.24) is 5.43 Å². The van der Waals surface area contributed by atoms with E-state index in [4.69, 9.17) is 13.9 Å². The number of hydrogen-bond donors (Lipinski definition) is 1. The summed E-state index contributed by atoms with van der Waals surface area (Å²) < 4.78 is 15.5. The quantitative estimate of drug-likeness (QED) is 0.452. The number of hydrogen-bond acceptors (Lipinski definition) is 6. The van der Waals surface area contributed by atoms with Crippen LogP contribution in [-0.4, -0.2) is 30.8 Å². The van der Waals surface area contributed by atoms with E-state index in [1.165, 1.54) is 6.26 Å². The minimum Gasteiger partial charge on any atom is -0.484 e. The van der Waals surface area contributed by atoms with Gasteiger partial charge in [0.15, 0.2) is 6.61 Å². The maximum Gasteiger partial charge on any atom is 0.338 e. The molecule has 25 heavy (non-hydrogen) atoms. The number of rotatable bonds is 8. The highest BCUT2D eigenvalue weighted by Gasteiger charge is 2.08. The number of nitrogens with zero attached hydrogens (tertiary/aromatic N) is 1. The standard InChI is InChI=1S/C18H20N2O5/c1-3-10-24-18(22)14-6-8-15(9-7-14)25-12-17(21)20-19-13(2)16-5-4-11-23-16/h4-9,11H,3,10,12H2,1-2H3,(H,20,21). The van der Waals surface area contributed by atoms with Crippen LogP contribution in [0.4, 0.5) is 0 Å². The van der Waals surface area contributed by atoms with Crippen LogP contribution in [0, 0.1) is 0 Å². The Balaban J connectivity index is 1.79. The molecule has 132 valence electrons. The molecule has 1 aromatic carbocycles. The summed E-state index contributed by atoms with van der Waals surface area (Å²) in [4.78, 5) is 23.4. The molecule has 0 unspecified atom stereocenters. The molecular formula is C18H20N2O5. The topological polar surface area (TPSA) is 90.1 Å². The second-order valence-electron chi connectivity index (χ2n) is 5.16. The van der Waals surface area contributed by atoms with E-state index >= 15 is 0 Å². The van der Waals surface area contributed by atoms with Gasteiger partial charge in [-0.3, -0.25) is 4.79 Å². The van der Waals surface area contributed by atoms with Crippen LogP contribution < -0.4 is 10.2 Å². The second kappa shape index (κ2) is 9.27. The zero-order valence-electron chi connectivity index (χ0n) is 14.2. The Morgan fingerprint density at radius 3 is 2.60 bits per heavy atom. The largest absolute Gasteiger partial charge is 0.484 e. The molecule has 0 fully saturated rings. The van der Waals surface area contributed by atoms with E-state index in [2.05, 4.69) is 10.5 Å². The van der Waals surface area contributed by atoms with Crippen LogP contribution in [0.3, 0.4) is 0 Å². The fraction of sp³-hybridized carbons (Fsp3) is 0.278. The molecule has 0 bridgehead atoms. The van der Waals surface area contributed by atoms with Crippen LogP contribution in [0.5, 0.6) is 5.75 Å². The molecule has 0 atom stereocenters. The average molecular weight is 344 g/mol. The number of carbonyl (C=O) groups excluding carboxylic acids is 2. The Bertz CT molecular complexity index is 720. The smallest absolute Gasteiger partial charge is 0.338 e. The monoisotopic (exact) mass is 344 g/mol. The third-order valence-electron chi connectivity index (χ3n) is 3.12. The number of amides is 1. The zero-order chi connectivity index (χ0) is 18.1. The van der Waals surface area contributed by atoms with Crippen molar-refractivity contribution < 1.29 is 23.5 Å². The average Bonchev–Trinajstić information content (AvgIpc) is 3.17. The van der Waals surface area contributed by atoms with Crippen molar-refractivity contribution in [2.75, 3.05) is 13.2 Å². The number of furan rings is 1. The van der Waals surface area contributed by atoms with Crippen molar-refractivity contribution >= 4 is 17.6 Å². The lowest BCUT2D eigenvalue weighted by atomic mass is 10.2. The summed E-state index contributed by atoms with van der Waals surface area (Å²) in [6, 6.07) is 9.87. The molecule has 7 heteroatoms. The summed E-state index contributed by atoms with van der Waals surface area (Å²) in [5.41, 5.74) is 3.37. The van der Waals surface area contributed by atoms with Crippen LogP contribution in [0.2, 0.25) is 0 Å². The van der Waals surface area contributed by atoms with E-state index in [9.17, 15) is 9.59 Å². The Morgan fingerprint density at radius 2 is 1.96 bits per heavy atom. The number of ether oxygens (including phenoxy) is 2. The van der Waals surface area contributed by atoms with Gasteiger partial charge in [-0.05, 0) is 49.7 Å². The van der Waals surface area contributed by atoms with Gasteiger partial charge in [0.25, 0.3) is 5.91 Å². The Morgan fingerprint density at radius 1 is 1.20 bits per heavy atom. The van der Waals surface area contributed by atoms with Gasteiger partial charge >= 0.3 is 5.97 Å². The number of carbonyl (C=O) groups is 2. The second-order valence-corrected chi connectivity index (χ2v) is 5.16. The zero-order valence-corrected chi connectivity index (χ0v) is 14.2. The SMILES string of the molecule is CCCOC(=O)c1ccc(OCC(=O)NN=C(C)c2ccco2)cc1. The van der Waals surface area contributed by atoms with E-state index in [0.29, 0.717) is 29.4 Å². The lowest BCUT2D eigenvalue weighted by Gasteiger charge is -2.07. The first-order valence-electron chi connectivity index (χ1n) is 7.87. The molecule has 7 nitrogen and oxygen atoms in total. The van der Waals surface area contributed by atoms with Gasteiger partial charge in [-0.1, -0.05) is 6.92 Å². The van der Waals surface area contributed by atoms with Crippen LogP contribution in [0.1, 0.15) is 36.4 Å². The highest BCUT2D eigenvalue weighted by atomic mass is 16.5. The fourth-order valence-electron chi connectivity index (χ4n) is 1.83. The molecule has 0 saturated heterocycles. The minimum atomic E-state index is -0.405. The number of hydrazone groups is 1. The number of esters is 1. The highest BCUT2D eigenvalue weighted by molar-refractivity contribution is 5.96. The highest BCUT2D eigenvalue weighted by Crippen LogP contribution is 2.13. The maximum absolute atomic E-state index is 11.7. The first-order chi connectivity index (χ1) is 12.1. The van der Waals surface area contributed by atoms with Crippen LogP contribution in [0.25, 0.3) is 0 Å². The number of benzene rings is 1. The van der Waals surface area contributed by atoms with E-state index in [-0.39, 0.29) is 12.6 Å². The Kier molecular flexibility index (Phi) is 6.76. The molecule has 2 rings (SSSR count). The van der Waals surface area contributed by atoms with Gasteiger partial charge in [-0.15, -0.1) is 0 Å². The lowest BCUT2D eigenvalue weighted by molar-refractivity contribution is -0.123. The van der Waals surface area contributed by atoms with Crippen molar-refractivity contribution in [3.05, 3.63) is 54.0 Å². The summed E-state index contributed by atoms with van der Waals surface area (Å²) in [5.74, 6) is 0.256. The van der Waals surface area contributed by atoms with Gasteiger partial charge in [0, 0.05) is 0 Å². The van der Waals surface area contributed by atoms with Gasteiger partial charge in [0.1, 0.15) is 17.2 Å². The predicted molar refractivity (Wildman–Crippen MR) is 91.6 cm³/mol. The summed E-state index contributed by atoms with van der Waals surface area (Å²) in [6.45, 7) is 3.83. The molecule has 1 heterocycles. The summed E-state index contributed by atoms with van der Waals surface area (Å²) in [6.07, 6.45) is 2.30. The molecule has 0 saturated carbocycles. The van der Waals surface area contributed by atoms with E-state index in [1.807, 2.05) is 6.92 Å². The van der Waals surface area contributed by atoms with E-state index in [1.54, 1.807) is 43.3 Å². The van der Waals surface area contributed by atoms with Crippen molar-refractivity contribution in [3.63, 3.8) is 0 Å². The lowest BCUT2D eigenvalue weighted by Crippen LogP contribution is -2.25. The van der Waals surface area contributed by atoms with Crippen molar-refractivity contribution in [1.29, 1.82) is 0 Å². The van der Waals surface area contributed by atoms with Crippen molar-refractivity contribution in [2.45, 2.75) is 20.3 Å². The summed E-state index contributed by atoms with van der Waals surface area (Å²) in [5, 5.41) is 3.93. The van der Waals surface area contributed by atoms with Gasteiger partial charge in [-0.25, -0.2) is 10.2 Å². The number of nitrogens with one attached hydrogen (secondary N) is 1. The van der Waals surface area contributed by atoms with Crippen molar-refractivity contribution in [3.8, 4) is 5.75 Å². The van der Waals surface area contributed by atoms with Crippen LogP contribution >= 0.6 is 0 Å².